The third kappa shape index (κ3) is 6.10. The second kappa shape index (κ2) is 12.0. The van der Waals surface area contributed by atoms with Gasteiger partial charge in [-0.1, -0.05) is 42.5 Å². The number of amides is 1. The topological polar surface area (TPSA) is 76.7 Å². The van der Waals surface area contributed by atoms with E-state index >= 15 is 0 Å². The first-order chi connectivity index (χ1) is 17.1. The third-order valence-electron chi connectivity index (χ3n) is 6.20. The number of carbonyl (C=O) groups is 2. The first-order valence-electron chi connectivity index (χ1n) is 12.1. The number of carbonyl (C=O) groups excluding carboxylic acids is 2. The lowest BCUT2D eigenvalue weighted by molar-refractivity contribution is -0.118. The molecule has 3 aromatic rings. The van der Waals surface area contributed by atoms with Crippen molar-refractivity contribution in [2.24, 2.45) is 0 Å². The summed E-state index contributed by atoms with van der Waals surface area (Å²) in [6.07, 6.45) is 4.69. The molecule has 4 rings (SSSR count). The first kappa shape index (κ1) is 24.9. The number of nitrogens with one attached hydrogen (secondary N) is 2. The second-order valence-electron chi connectivity index (χ2n) is 8.52. The van der Waals surface area contributed by atoms with Gasteiger partial charge in [-0.05, 0) is 67.9 Å². The lowest BCUT2D eigenvalue weighted by atomic mass is 9.95. The van der Waals surface area contributed by atoms with Gasteiger partial charge in [0.05, 0.1) is 19.3 Å². The fraction of sp³-hybridized carbons (Fsp3) is 0.357. The van der Waals surface area contributed by atoms with Crippen LogP contribution < -0.4 is 15.4 Å². The predicted molar refractivity (Wildman–Crippen MR) is 139 cm³/mol. The summed E-state index contributed by atoms with van der Waals surface area (Å²) >= 11 is 1.51. The molecule has 1 heterocycles. The van der Waals surface area contributed by atoms with Crippen LogP contribution in [0, 0.1) is 0 Å². The summed E-state index contributed by atoms with van der Waals surface area (Å²) in [6.45, 7) is 2.72. The van der Waals surface area contributed by atoms with Gasteiger partial charge in [0, 0.05) is 11.4 Å². The maximum atomic E-state index is 13.5. The molecule has 0 spiro atoms. The van der Waals surface area contributed by atoms with E-state index in [1.807, 2.05) is 54.6 Å². The van der Waals surface area contributed by atoms with Crippen LogP contribution in [0.15, 0.2) is 54.6 Å². The minimum Gasteiger partial charge on any atom is -0.497 e. The van der Waals surface area contributed by atoms with Crippen molar-refractivity contribution in [2.45, 2.75) is 45.1 Å². The van der Waals surface area contributed by atoms with Crippen molar-refractivity contribution >= 4 is 28.2 Å². The summed E-state index contributed by atoms with van der Waals surface area (Å²) in [5, 5.41) is 7.08. The lowest BCUT2D eigenvalue weighted by Crippen LogP contribution is -2.34. The van der Waals surface area contributed by atoms with Crippen LogP contribution in [0.25, 0.3) is 0 Å². The van der Waals surface area contributed by atoms with Crippen molar-refractivity contribution in [3.8, 4) is 5.75 Å². The molecule has 1 atom stereocenters. The van der Waals surface area contributed by atoms with E-state index in [9.17, 15) is 9.59 Å². The highest BCUT2D eigenvalue weighted by Gasteiger charge is 2.29. The zero-order valence-electron chi connectivity index (χ0n) is 20.3. The van der Waals surface area contributed by atoms with Crippen molar-refractivity contribution in [1.82, 2.24) is 5.32 Å². The molecular weight excluding hydrogens is 460 g/mol. The Morgan fingerprint density at radius 1 is 1.03 bits per heavy atom. The molecule has 35 heavy (non-hydrogen) atoms. The van der Waals surface area contributed by atoms with Crippen LogP contribution in [-0.2, 0) is 28.8 Å². The van der Waals surface area contributed by atoms with Gasteiger partial charge in [-0.2, -0.15) is 0 Å². The van der Waals surface area contributed by atoms with Crippen molar-refractivity contribution in [1.29, 1.82) is 0 Å². The molecular formula is C28H32N2O4S. The Morgan fingerprint density at radius 3 is 2.49 bits per heavy atom. The Bertz CT molecular complexity index is 1140. The number of hydrogen-bond donors (Lipinski definition) is 2. The molecule has 6 nitrogen and oxygen atoms in total. The quantitative estimate of drug-likeness (QED) is 0.375. The van der Waals surface area contributed by atoms with Crippen molar-refractivity contribution in [3.05, 3.63) is 81.7 Å². The minimum absolute atomic E-state index is 0.185. The average molecular weight is 493 g/mol. The molecule has 2 N–H and O–H groups in total. The summed E-state index contributed by atoms with van der Waals surface area (Å²) in [7, 11) is 1.65. The van der Waals surface area contributed by atoms with Gasteiger partial charge in [0.15, 0.2) is 0 Å². The van der Waals surface area contributed by atoms with E-state index in [0.29, 0.717) is 23.7 Å². The summed E-state index contributed by atoms with van der Waals surface area (Å²) in [5.41, 5.74) is 3.60. The van der Waals surface area contributed by atoms with E-state index < -0.39 is 6.04 Å². The molecule has 0 saturated heterocycles. The summed E-state index contributed by atoms with van der Waals surface area (Å²) in [5.74, 6) is 0.278. The van der Waals surface area contributed by atoms with E-state index in [-0.39, 0.29) is 11.9 Å². The molecule has 0 aliphatic heterocycles. The SMILES string of the molecule is CCOC(=O)c1c(NC(=O)[C@H](NCCc2ccc(OC)cc2)c2ccccc2)sc2c1CCCC2. The standard InChI is InChI=1S/C28H32N2O4S/c1-3-34-28(32)24-22-11-7-8-12-23(22)35-27(24)30-26(31)25(20-9-5-4-6-10-20)29-18-17-19-13-15-21(33-2)16-14-19/h4-6,9-10,13-16,25,29H,3,7-8,11-12,17-18H2,1-2H3,(H,30,31)/t25-/m1/s1. The van der Waals surface area contributed by atoms with E-state index in [2.05, 4.69) is 10.6 Å². The van der Waals surface area contributed by atoms with Crippen LogP contribution >= 0.6 is 11.3 Å². The normalized spacial score (nSPS) is 13.5. The van der Waals surface area contributed by atoms with Crippen LogP contribution in [0.4, 0.5) is 5.00 Å². The van der Waals surface area contributed by atoms with Gasteiger partial charge in [-0.15, -0.1) is 11.3 Å². The molecule has 1 amide bonds. The molecule has 1 aliphatic carbocycles. The molecule has 1 aliphatic rings. The molecule has 0 bridgehead atoms. The second-order valence-corrected chi connectivity index (χ2v) is 9.63. The van der Waals surface area contributed by atoms with Crippen molar-refractivity contribution in [3.63, 3.8) is 0 Å². The Balaban J connectivity index is 1.52. The molecule has 0 saturated carbocycles. The number of ether oxygens (including phenoxy) is 2. The minimum atomic E-state index is -0.552. The molecule has 0 radical (unpaired) electrons. The molecule has 1 aromatic heterocycles. The third-order valence-corrected chi connectivity index (χ3v) is 7.41. The average Bonchev–Trinajstić information content (AvgIpc) is 3.25. The molecule has 0 unspecified atom stereocenters. The number of fused-ring (bicyclic) bond motifs is 1. The van der Waals surface area contributed by atoms with Gasteiger partial charge >= 0.3 is 5.97 Å². The maximum Gasteiger partial charge on any atom is 0.341 e. The number of anilines is 1. The molecule has 0 fully saturated rings. The van der Waals surface area contributed by atoms with E-state index in [4.69, 9.17) is 9.47 Å². The molecule has 2 aromatic carbocycles. The number of methoxy groups -OCH3 is 1. The first-order valence-corrected chi connectivity index (χ1v) is 13.0. The highest BCUT2D eigenvalue weighted by Crippen LogP contribution is 2.39. The highest BCUT2D eigenvalue weighted by molar-refractivity contribution is 7.17. The van der Waals surface area contributed by atoms with Crippen LogP contribution in [-0.4, -0.2) is 32.1 Å². The number of thiophene rings is 1. The van der Waals surface area contributed by atoms with E-state index in [1.165, 1.54) is 16.2 Å². The number of benzene rings is 2. The summed E-state index contributed by atoms with van der Waals surface area (Å²) in [6, 6.07) is 17.0. The van der Waals surface area contributed by atoms with Crippen LogP contribution in [0.2, 0.25) is 0 Å². The smallest absolute Gasteiger partial charge is 0.341 e. The number of rotatable bonds is 10. The van der Waals surface area contributed by atoms with Gasteiger partial charge in [0.2, 0.25) is 5.91 Å². The zero-order chi connectivity index (χ0) is 24.6. The van der Waals surface area contributed by atoms with Gasteiger partial charge in [-0.25, -0.2) is 4.79 Å². The van der Waals surface area contributed by atoms with Crippen LogP contribution in [0.5, 0.6) is 5.75 Å². The predicted octanol–water partition coefficient (Wildman–Crippen LogP) is 5.32. The Kier molecular flexibility index (Phi) is 8.55. The lowest BCUT2D eigenvalue weighted by Gasteiger charge is -2.19. The fourth-order valence-electron chi connectivity index (χ4n) is 4.42. The van der Waals surface area contributed by atoms with Gasteiger partial charge in [-0.3, -0.25) is 4.79 Å². The number of esters is 1. The summed E-state index contributed by atoms with van der Waals surface area (Å²) in [4.78, 5) is 27.5. The Labute approximate surface area is 210 Å². The fourth-order valence-corrected chi connectivity index (χ4v) is 5.70. The summed E-state index contributed by atoms with van der Waals surface area (Å²) < 4.78 is 10.6. The highest BCUT2D eigenvalue weighted by atomic mass is 32.1. The van der Waals surface area contributed by atoms with Crippen LogP contribution in [0.1, 0.15) is 57.7 Å². The number of aryl methyl sites for hydroxylation is 1. The monoisotopic (exact) mass is 492 g/mol. The Hall–Kier alpha value is -3.16. The molecule has 7 heteroatoms. The van der Waals surface area contributed by atoms with Gasteiger partial charge in [0.1, 0.15) is 16.8 Å². The number of hydrogen-bond acceptors (Lipinski definition) is 6. The zero-order valence-corrected chi connectivity index (χ0v) is 21.1. The van der Waals surface area contributed by atoms with Crippen LogP contribution in [0.3, 0.4) is 0 Å². The van der Waals surface area contributed by atoms with Crippen molar-refractivity contribution < 1.29 is 19.1 Å². The van der Waals surface area contributed by atoms with E-state index in [1.54, 1.807) is 14.0 Å². The maximum absolute atomic E-state index is 13.5. The Morgan fingerprint density at radius 2 is 1.77 bits per heavy atom. The largest absolute Gasteiger partial charge is 0.497 e. The molecule has 184 valence electrons. The van der Waals surface area contributed by atoms with Gasteiger partial charge < -0.3 is 20.1 Å². The van der Waals surface area contributed by atoms with Crippen molar-refractivity contribution in [2.75, 3.05) is 25.6 Å². The van der Waals surface area contributed by atoms with E-state index in [0.717, 1.165) is 54.5 Å². The van der Waals surface area contributed by atoms with Gasteiger partial charge in [0.25, 0.3) is 0 Å².